The highest BCUT2D eigenvalue weighted by atomic mass is 79.9. The molecular weight excluding hydrogens is 549 g/mol. The summed E-state index contributed by atoms with van der Waals surface area (Å²) in [4.78, 5) is 28.9. The minimum absolute atomic E-state index is 0.00861. The molecule has 2 N–H and O–H groups in total. The maximum atomic E-state index is 12.8. The topological polar surface area (TPSA) is 126 Å². The Morgan fingerprint density at radius 2 is 2.03 bits per heavy atom. The van der Waals surface area contributed by atoms with Crippen molar-refractivity contribution in [3.8, 4) is 0 Å². The number of oxime groups is 1. The Kier molecular flexibility index (Phi) is 5.89. The number of hydrogen-bond donors (Lipinski definition) is 1. The number of hydrogen-bond acceptors (Lipinski definition) is 6. The molecule has 4 bridgehead atoms. The number of aromatic nitrogens is 2. The summed E-state index contributed by atoms with van der Waals surface area (Å²) in [7, 11) is 0. The van der Waals surface area contributed by atoms with Crippen LogP contribution in [0, 0.1) is 27.4 Å². The van der Waals surface area contributed by atoms with Crippen molar-refractivity contribution in [2.75, 3.05) is 0 Å². The molecule has 0 aliphatic heterocycles. The fraction of sp³-hybridized carbons (Fsp3) is 0.500. The third-order valence-corrected chi connectivity index (χ3v) is 8.54. The molecule has 4 saturated carbocycles. The second-order valence-corrected chi connectivity index (χ2v) is 11.6. The zero-order valence-electron chi connectivity index (χ0n) is 18.0. The van der Waals surface area contributed by atoms with Crippen LogP contribution in [0.4, 0.5) is 5.82 Å². The van der Waals surface area contributed by atoms with Crippen LogP contribution in [0.3, 0.4) is 0 Å². The number of rotatable bonds is 6. The molecule has 34 heavy (non-hydrogen) atoms. The van der Waals surface area contributed by atoms with Gasteiger partial charge in [-0.05, 0) is 94.8 Å². The fourth-order valence-electron chi connectivity index (χ4n) is 6.77. The number of nitro groups is 1. The summed E-state index contributed by atoms with van der Waals surface area (Å²) in [5, 5.41) is 20.2. The number of halogens is 3. The lowest BCUT2D eigenvalue weighted by Gasteiger charge is -2.60. The van der Waals surface area contributed by atoms with E-state index in [0.29, 0.717) is 31.9 Å². The van der Waals surface area contributed by atoms with Gasteiger partial charge in [-0.3, -0.25) is 0 Å². The van der Waals surface area contributed by atoms with Crippen LogP contribution in [-0.4, -0.2) is 26.5 Å². The van der Waals surface area contributed by atoms with Crippen LogP contribution < -0.4 is 5.73 Å². The zero-order valence-corrected chi connectivity index (χ0v) is 21.1. The van der Waals surface area contributed by atoms with Crippen LogP contribution >= 0.6 is 39.1 Å². The maximum absolute atomic E-state index is 12.8. The van der Waals surface area contributed by atoms with E-state index in [1.165, 1.54) is 6.07 Å². The molecule has 6 rings (SSSR count). The van der Waals surface area contributed by atoms with Gasteiger partial charge in [-0.1, -0.05) is 28.4 Å². The summed E-state index contributed by atoms with van der Waals surface area (Å²) in [5.74, 6) is 0.230. The summed E-state index contributed by atoms with van der Waals surface area (Å²) >= 11 is 15.3. The van der Waals surface area contributed by atoms with Crippen LogP contribution in [0.2, 0.25) is 10.0 Å². The van der Waals surface area contributed by atoms with Crippen LogP contribution in [-0.2, 0) is 15.2 Å². The van der Waals surface area contributed by atoms with Gasteiger partial charge in [0, 0.05) is 10.6 Å². The molecule has 1 aromatic carbocycles. The molecule has 0 saturated heterocycles. The first-order chi connectivity index (χ1) is 16.1. The van der Waals surface area contributed by atoms with Crippen molar-refractivity contribution in [3.05, 3.63) is 54.6 Å². The second-order valence-electron chi connectivity index (χ2n) is 9.93. The Balaban J connectivity index is 1.34. The highest BCUT2D eigenvalue weighted by Gasteiger charge is 2.60. The van der Waals surface area contributed by atoms with Crippen LogP contribution in [0.25, 0.3) is 0 Å². The molecule has 4 aliphatic rings. The molecule has 180 valence electrons. The first-order valence-corrected chi connectivity index (χ1v) is 12.5. The Labute approximate surface area is 213 Å². The van der Waals surface area contributed by atoms with E-state index in [9.17, 15) is 14.9 Å². The Bertz CT molecular complexity index is 1200. The molecule has 2 unspecified atom stereocenters. The number of nitrogens with zero attached hydrogens (tertiary/aromatic N) is 4. The van der Waals surface area contributed by atoms with Crippen LogP contribution in [0.15, 0.2) is 34.0 Å². The Hall–Kier alpha value is -2.17. The number of amidine groups is 1. The lowest BCUT2D eigenvalue weighted by molar-refractivity contribution is -0.390. The average Bonchev–Trinajstić information content (AvgIpc) is 3.13. The van der Waals surface area contributed by atoms with Crippen molar-refractivity contribution in [1.82, 2.24) is 9.78 Å². The van der Waals surface area contributed by atoms with E-state index in [4.69, 9.17) is 33.8 Å². The van der Waals surface area contributed by atoms with Crippen molar-refractivity contribution in [3.63, 3.8) is 0 Å². The van der Waals surface area contributed by atoms with Crippen molar-refractivity contribution < 1.29 is 14.6 Å². The highest BCUT2D eigenvalue weighted by Crippen LogP contribution is 2.65. The van der Waals surface area contributed by atoms with E-state index in [2.05, 4.69) is 26.2 Å². The predicted molar refractivity (Wildman–Crippen MR) is 130 cm³/mol. The van der Waals surface area contributed by atoms with Crippen LogP contribution in [0.5, 0.6) is 0 Å². The van der Waals surface area contributed by atoms with Crippen molar-refractivity contribution in [2.45, 2.75) is 50.5 Å². The molecule has 1 heterocycles. The number of nitrogens with two attached hydrogens (primary N) is 1. The molecule has 2 atom stereocenters. The third kappa shape index (κ3) is 4.20. The molecule has 0 spiro atoms. The van der Waals surface area contributed by atoms with Gasteiger partial charge in [-0.25, -0.2) is 4.79 Å². The molecule has 12 heteroatoms. The standard InChI is InChI=1S/C22H22BrCl2N5O4/c23-16-10-29(27-20(16)30(32)33)22-7-12-3-13(8-22)6-21(5-12,11-22)9-18(31)34-28-19(26)15-2-1-14(24)4-17(15)25/h1-2,4,10,12-13H,3,5-9,11H2,(H2,26,28). The largest absolute Gasteiger partial charge is 0.404 e. The van der Waals surface area contributed by atoms with Gasteiger partial charge in [0.1, 0.15) is 4.47 Å². The summed E-state index contributed by atoms with van der Waals surface area (Å²) < 4.78 is 2.14. The van der Waals surface area contributed by atoms with Crippen LogP contribution in [0.1, 0.15) is 50.5 Å². The SMILES string of the molecule is N/C(=N\OC(=O)CC12CC3CC(C1)CC(n1cc(Br)c([N+](=O)[O-])n1)(C3)C2)c1ccc(Cl)cc1Cl. The molecule has 2 aromatic rings. The van der Waals surface area contributed by atoms with E-state index in [1.54, 1.807) is 23.0 Å². The summed E-state index contributed by atoms with van der Waals surface area (Å²) in [6.45, 7) is 0. The van der Waals surface area contributed by atoms with Gasteiger partial charge in [0.25, 0.3) is 0 Å². The number of carbonyl (C=O) groups is 1. The maximum Gasteiger partial charge on any atom is 0.404 e. The number of carbonyl (C=O) groups excluding carboxylic acids is 1. The third-order valence-electron chi connectivity index (χ3n) is 7.43. The first kappa shape index (κ1) is 23.6. The van der Waals surface area contributed by atoms with E-state index < -0.39 is 10.9 Å². The lowest BCUT2D eigenvalue weighted by atomic mass is 9.46. The molecular formula is C22H22BrCl2N5O4. The predicted octanol–water partition coefficient (Wildman–Crippen LogP) is 5.41. The monoisotopic (exact) mass is 569 g/mol. The van der Waals surface area contributed by atoms with Gasteiger partial charge in [-0.2, -0.15) is 4.68 Å². The molecule has 0 radical (unpaired) electrons. The summed E-state index contributed by atoms with van der Waals surface area (Å²) in [6.07, 6.45) is 7.41. The smallest absolute Gasteiger partial charge is 0.380 e. The van der Waals surface area contributed by atoms with E-state index in [0.717, 1.165) is 38.5 Å². The van der Waals surface area contributed by atoms with Crippen molar-refractivity contribution in [2.24, 2.45) is 28.1 Å². The second kappa shape index (κ2) is 8.49. The fourth-order valence-corrected chi connectivity index (χ4v) is 7.70. The van der Waals surface area contributed by atoms with Gasteiger partial charge in [0.05, 0.1) is 28.3 Å². The van der Waals surface area contributed by atoms with Crippen molar-refractivity contribution >= 4 is 56.8 Å². The summed E-state index contributed by atoms with van der Waals surface area (Å²) in [5.41, 5.74) is 5.81. The molecule has 9 nitrogen and oxygen atoms in total. The molecule has 4 aliphatic carbocycles. The lowest BCUT2D eigenvalue weighted by Crippen LogP contribution is -2.57. The van der Waals surface area contributed by atoms with Gasteiger partial charge in [-0.15, -0.1) is 0 Å². The van der Waals surface area contributed by atoms with E-state index >= 15 is 0 Å². The average molecular weight is 571 g/mol. The normalized spacial score (nSPS) is 29.9. The minimum atomic E-state index is -0.483. The van der Waals surface area contributed by atoms with Gasteiger partial charge in [0.2, 0.25) is 0 Å². The zero-order chi connectivity index (χ0) is 24.3. The van der Waals surface area contributed by atoms with Gasteiger partial charge in [0.15, 0.2) is 5.84 Å². The minimum Gasteiger partial charge on any atom is -0.380 e. The Morgan fingerprint density at radius 1 is 1.32 bits per heavy atom. The molecule has 4 fully saturated rings. The van der Waals surface area contributed by atoms with Gasteiger partial charge >= 0.3 is 11.8 Å². The van der Waals surface area contributed by atoms with E-state index in [1.807, 2.05) is 0 Å². The van der Waals surface area contributed by atoms with E-state index in [-0.39, 0.29) is 29.0 Å². The van der Waals surface area contributed by atoms with Gasteiger partial charge < -0.3 is 20.7 Å². The molecule has 0 amide bonds. The number of benzene rings is 1. The molecule has 1 aromatic heterocycles. The highest BCUT2D eigenvalue weighted by molar-refractivity contribution is 9.10. The van der Waals surface area contributed by atoms with Crippen molar-refractivity contribution in [1.29, 1.82) is 0 Å². The quantitative estimate of drug-likeness (QED) is 0.163. The first-order valence-electron chi connectivity index (χ1n) is 11.0. The summed E-state index contributed by atoms with van der Waals surface area (Å²) in [6, 6.07) is 4.77. The Morgan fingerprint density at radius 3 is 2.65 bits per heavy atom.